The summed E-state index contributed by atoms with van der Waals surface area (Å²) in [4.78, 5) is 14.6. The Kier molecular flexibility index (Phi) is 4.65. The zero-order chi connectivity index (χ0) is 19.0. The number of carbonyl (C=O) groups is 1. The number of benzene rings is 2. The molecule has 0 aliphatic carbocycles. The van der Waals surface area contributed by atoms with Crippen LogP contribution in [0.15, 0.2) is 51.8 Å². The zero-order valence-corrected chi connectivity index (χ0v) is 16.1. The maximum atomic E-state index is 12.7. The van der Waals surface area contributed by atoms with Gasteiger partial charge in [0.15, 0.2) is 0 Å². The predicted molar refractivity (Wildman–Crippen MR) is 106 cm³/mol. The average molecular weight is 404 g/mol. The SMILES string of the molecule is O=C(Nc1ccccc1Cl)c1ccc2c(c1)S(=O)(=O)N=C1CCCCCN12. The fourth-order valence-electron chi connectivity index (χ4n) is 3.38. The smallest absolute Gasteiger partial charge is 0.286 e. The molecule has 8 heteroatoms. The monoisotopic (exact) mass is 403 g/mol. The van der Waals surface area contributed by atoms with Gasteiger partial charge in [-0.2, -0.15) is 8.42 Å². The molecular formula is C19H18ClN3O3S. The molecule has 0 aromatic heterocycles. The predicted octanol–water partition coefficient (Wildman–Crippen LogP) is 4.07. The number of nitrogens with one attached hydrogen (secondary N) is 1. The van der Waals surface area contributed by atoms with Crippen molar-refractivity contribution in [3.8, 4) is 0 Å². The molecular weight excluding hydrogens is 386 g/mol. The summed E-state index contributed by atoms with van der Waals surface area (Å²) in [6.07, 6.45) is 3.60. The number of hydrogen-bond acceptors (Lipinski definition) is 4. The van der Waals surface area contributed by atoms with Gasteiger partial charge in [-0.1, -0.05) is 30.2 Å². The molecule has 0 saturated carbocycles. The molecule has 0 atom stereocenters. The first-order valence-electron chi connectivity index (χ1n) is 8.77. The minimum atomic E-state index is -3.83. The van der Waals surface area contributed by atoms with Crippen LogP contribution in [-0.2, 0) is 10.0 Å². The Morgan fingerprint density at radius 1 is 1.11 bits per heavy atom. The third-order valence-corrected chi connectivity index (χ3v) is 6.40. The Morgan fingerprint density at radius 3 is 2.74 bits per heavy atom. The Hall–Kier alpha value is -2.38. The Labute approximate surface area is 162 Å². The lowest BCUT2D eigenvalue weighted by atomic mass is 10.1. The van der Waals surface area contributed by atoms with Crippen LogP contribution in [0.2, 0.25) is 5.02 Å². The summed E-state index contributed by atoms with van der Waals surface area (Å²) in [6, 6.07) is 11.6. The minimum absolute atomic E-state index is 0.0694. The van der Waals surface area contributed by atoms with Crippen LogP contribution in [0, 0.1) is 0 Å². The van der Waals surface area contributed by atoms with E-state index in [4.69, 9.17) is 11.6 Å². The highest BCUT2D eigenvalue weighted by atomic mass is 35.5. The molecule has 2 aromatic rings. The van der Waals surface area contributed by atoms with Crippen LogP contribution in [-0.4, -0.2) is 26.7 Å². The molecule has 27 heavy (non-hydrogen) atoms. The van der Waals surface area contributed by atoms with E-state index in [-0.39, 0.29) is 10.5 Å². The maximum Gasteiger partial charge on any atom is 0.286 e. The van der Waals surface area contributed by atoms with Gasteiger partial charge >= 0.3 is 0 Å². The van der Waals surface area contributed by atoms with Gasteiger partial charge in [0.1, 0.15) is 10.7 Å². The van der Waals surface area contributed by atoms with Crippen LogP contribution in [0.5, 0.6) is 0 Å². The van der Waals surface area contributed by atoms with Crippen molar-refractivity contribution >= 4 is 44.7 Å². The molecule has 4 rings (SSSR count). The van der Waals surface area contributed by atoms with E-state index < -0.39 is 15.9 Å². The van der Waals surface area contributed by atoms with Crippen LogP contribution in [0.4, 0.5) is 11.4 Å². The molecule has 0 unspecified atom stereocenters. The molecule has 0 spiro atoms. The van der Waals surface area contributed by atoms with Crippen molar-refractivity contribution in [3.05, 3.63) is 53.1 Å². The van der Waals surface area contributed by atoms with Gasteiger partial charge in [-0.25, -0.2) is 0 Å². The lowest BCUT2D eigenvalue weighted by Crippen LogP contribution is -2.35. The van der Waals surface area contributed by atoms with Crippen LogP contribution in [0.25, 0.3) is 0 Å². The molecule has 2 aliphatic rings. The number of nitrogens with zero attached hydrogens (tertiary/aromatic N) is 2. The highest BCUT2D eigenvalue weighted by Crippen LogP contribution is 2.35. The quantitative estimate of drug-likeness (QED) is 0.819. The van der Waals surface area contributed by atoms with E-state index in [0.717, 1.165) is 25.8 Å². The molecule has 2 aliphatic heterocycles. The molecule has 1 saturated heterocycles. The number of carbonyl (C=O) groups excluding carboxylic acids is 1. The number of para-hydroxylation sites is 1. The topological polar surface area (TPSA) is 78.8 Å². The van der Waals surface area contributed by atoms with Crippen molar-refractivity contribution in [1.82, 2.24) is 0 Å². The summed E-state index contributed by atoms with van der Waals surface area (Å²) in [7, 11) is -3.83. The van der Waals surface area contributed by atoms with E-state index in [2.05, 4.69) is 9.71 Å². The maximum absolute atomic E-state index is 12.7. The molecule has 1 amide bonds. The summed E-state index contributed by atoms with van der Waals surface area (Å²) in [5.41, 5.74) is 1.31. The van der Waals surface area contributed by atoms with Gasteiger partial charge in [0, 0.05) is 18.5 Å². The van der Waals surface area contributed by atoms with Gasteiger partial charge < -0.3 is 10.2 Å². The largest absolute Gasteiger partial charge is 0.328 e. The average Bonchev–Trinajstić information content (AvgIpc) is 2.88. The minimum Gasteiger partial charge on any atom is -0.328 e. The molecule has 6 nitrogen and oxygen atoms in total. The normalized spacial score (nSPS) is 18.0. The third-order valence-electron chi connectivity index (χ3n) is 4.73. The van der Waals surface area contributed by atoms with E-state index in [9.17, 15) is 13.2 Å². The highest BCUT2D eigenvalue weighted by molar-refractivity contribution is 7.90. The lowest BCUT2D eigenvalue weighted by molar-refractivity contribution is 0.102. The Bertz CT molecular complexity index is 1050. The van der Waals surface area contributed by atoms with Crippen molar-refractivity contribution in [2.24, 2.45) is 4.40 Å². The van der Waals surface area contributed by atoms with E-state index in [1.54, 1.807) is 36.4 Å². The molecule has 1 fully saturated rings. The van der Waals surface area contributed by atoms with E-state index in [1.165, 1.54) is 6.07 Å². The van der Waals surface area contributed by atoms with Crippen molar-refractivity contribution in [2.75, 3.05) is 16.8 Å². The van der Waals surface area contributed by atoms with Crippen molar-refractivity contribution in [3.63, 3.8) is 0 Å². The van der Waals surface area contributed by atoms with Gasteiger partial charge in [0.05, 0.1) is 16.4 Å². The number of amidine groups is 1. The van der Waals surface area contributed by atoms with E-state index in [1.807, 2.05) is 4.90 Å². The zero-order valence-electron chi connectivity index (χ0n) is 14.5. The summed E-state index contributed by atoms with van der Waals surface area (Å²) in [5.74, 6) is 0.167. The van der Waals surface area contributed by atoms with Crippen LogP contribution >= 0.6 is 11.6 Å². The first kappa shape index (κ1) is 18.0. The number of anilines is 2. The fraction of sp³-hybridized carbons (Fsp3) is 0.263. The summed E-state index contributed by atoms with van der Waals surface area (Å²) < 4.78 is 29.3. The van der Waals surface area contributed by atoms with Crippen LogP contribution in [0.1, 0.15) is 36.0 Å². The number of rotatable bonds is 2. The number of halogens is 1. The molecule has 140 valence electrons. The summed E-state index contributed by atoms with van der Waals surface area (Å²) in [6.45, 7) is 0.729. The second-order valence-corrected chi connectivity index (χ2v) is 8.54. The molecule has 0 radical (unpaired) electrons. The Balaban J connectivity index is 1.70. The second kappa shape index (κ2) is 6.98. The van der Waals surface area contributed by atoms with Crippen molar-refractivity contribution in [1.29, 1.82) is 0 Å². The first-order valence-corrected chi connectivity index (χ1v) is 10.6. The van der Waals surface area contributed by atoms with Crippen LogP contribution in [0.3, 0.4) is 0 Å². The van der Waals surface area contributed by atoms with Gasteiger partial charge in [0.2, 0.25) is 0 Å². The second-order valence-electron chi connectivity index (χ2n) is 6.56. The lowest BCUT2D eigenvalue weighted by Gasteiger charge is -2.29. The van der Waals surface area contributed by atoms with E-state index in [0.29, 0.717) is 28.7 Å². The van der Waals surface area contributed by atoms with Crippen LogP contribution < -0.4 is 10.2 Å². The van der Waals surface area contributed by atoms with Gasteiger partial charge in [0.25, 0.3) is 15.9 Å². The number of fused-ring (bicyclic) bond motifs is 3. The first-order chi connectivity index (χ1) is 13.0. The molecule has 2 heterocycles. The summed E-state index contributed by atoms with van der Waals surface area (Å²) >= 11 is 6.07. The summed E-state index contributed by atoms with van der Waals surface area (Å²) in [5, 5.41) is 3.12. The number of sulfonamides is 1. The van der Waals surface area contributed by atoms with E-state index >= 15 is 0 Å². The number of hydrogen-bond donors (Lipinski definition) is 1. The van der Waals surface area contributed by atoms with Gasteiger partial charge in [-0.05, 0) is 43.2 Å². The van der Waals surface area contributed by atoms with Crippen molar-refractivity contribution in [2.45, 2.75) is 30.6 Å². The third kappa shape index (κ3) is 3.44. The fourth-order valence-corrected chi connectivity index (χ4v) is 4.85. The molecule has 1 N–H and O–H groups in total. The standard InChI is InChI=1S/C19H18ClN3O3S/c20-14-6-3-4-7-15(14)21-19(24)13-9-10-16-17(12-13)27(25,26)22-18-8-2-1-5-11-23(16)18/h3-4,6-7,9-10,12H,1-2,5,8,11H2,(H,21,24). The van der Waals surface area contributed by atoms with Gasteiger partial charge in [-0.3, -0.25) is 4.79 Å². The molecule has 2 aromatic carbocycles. The number of amides is 1. The van der Waals surface area contributed by atoms with Crippen molar-refractivity contribution < 1.29 is 13.2 Å². The van der Waals surface area contributed by atoms with Gasteiger partial charge in [-0.15, -0.1) is 4.40 Å². The Morgan fingerprint density at radius 2 is 1.93 bits per heavy atom. The highest BCUT2D eigenvalue weighted by Gasteiger charge is 2.32. The molecule has 0 bridgehead atoms.